The van der Waals surface area contributed by atoms with Gasteiger partial charge in [0.15, 0.2) is 17.2 Å². The molecule has 1 aromatic heterocycles. The number of rotatable bonds is 14. The highest BCUT2D eigenvalue weighted by Crippen LogP contribution is 2.29. The molecule has 0 aliphatic rings. The van der Waals surface area contributed by atoms with Gasteiger partial charge in [-0.2, -0.15) is 0 Å². The Morgan fingerprint density at radius 2 is 1.79 bits per heavy atom. The lowest BCUT2D eigenvalue weighted by Gasteiger charge is -2.18. The van der Waals surface area contributed by atoms with Crippen LogP contribution in [-0.4, -0.2) is 75.8 Å². The maximum Gasteiger partial charge on any atom is 0.334 e. The molecule has 0 radical (unpaired) electrons. The molecule has 2 rings (SSSR count). The smallest absolute Gasteiger partial charge is 0.334 e. The van der Waals surface area contributed by atoms with Gasteiger partial charge < -0.3 is 33.7 Å². The minimum absolute atomic E-state index is 0. The lowest BCUT2D eigenvalue weighted by molar-refractivity contribution is -0.155. The first-order valence-corrected chi connectivity index (χ1v) is 12.2. The third-order valence-corrected chi connectivity index (χ3v) is 4.91. The molecule has 39 heavy (non-hydrogen) atoms. The number of hydrogen-bond donors (Lipinski definition) is 1. The number of halogens is 1. The quantitative estimate of drug-likeness (QED) is 0.273. The second-order valence-electron chi connectivity index (χ2n) is 8.13. The first-order valence-electron chi connectivity index (χ1n) is 12.2. The highest BCUT2D eigenvalue weighted by molar-refractivity contribution is 5.98. The normalized spacial score (nSPS) is 11.8. The molecule has 0 saturated carbocycles. The van der Waals surface area contributed by atoms with E-state index in [1.54, 1.807) is 33.1 Å². The summed E-state index contributed by atoms with van der Waals surface area (Å²) in [6.45, 7) is 6.99. The summed E-state index contributed by atoms with van der Waals surface area (Å²) in [5.41, 5.74) is 0.943. The highest BCUT2D eigenvalue weighted by atomic mass is 19.1. The van der Waals surface area contributed by atoms with E-state index in [1.165, 1.54) is 38.4 Å². The molecule has 0 unspecified atom stereocenters. The van der Waals surface area contributed by atoms with E-state index in [4.69, 9.17) is 28.4 Å². The molecule has 0 aliphatic carbocycles. The fourth-order valence-electron chi connectivity index (χ4n) is 2.77. The number of hydrogen-bond acceptors (Lipinski definition) is 10. The minimum atomic E-state index is -0.942. The number of methoxy groups -OCH3 is 2. The van der Waals surface area contributed by atoms with Crippen LogP contribution >= 0.6 is 0 Å². The Labute approximate surface area is 229 Å². The SMILES string of the molecule is CCOCC(=O)OCOc1c(OC)ccnc1C(=O)N[C@@H](C)C(=O)O[C@@H](C)CCOC.Cc1ccc(F)cc1.[HH]. The van der Waals surface area contributed by atoms with E-state index in [9.17, 15) is 18.8 Å². The summed E-state index contributed by atoms with van der Waals surface area (Å²) in [5, 5.41) is 2.51. The number of nitrogens with one attached hydrogen (secondary N) is 1. The van der Waals surface area contributed by atoms with Crippen molar-refractivity contribution >= 4 is 17.8 Å². The van der Waals surface area contributed by atoms with E-state index in [0.29, 0.717) is 19.6 Å². The van der Waals surface area contributed by atoms with Gasteiger partial charge in [0, 0.05) is 40.4 Å². The van der Waals surface area contributed by atoms with Gasteiger partial charge in [-0.1, -0.05) is 17.7 Å². The van der Waals surface area contributed by atoms with Gasteiger partial charge in [0.2, 0.25) is 6.79 Å². The summed E-state index contributed by atoms with van der Waals surface area (Å²) in [5.74, 6) is -1.94. The van der Waals surface area contributed by atoms with E-state index in [2.05, 4.69) is 10.3 Å². The molecule has 1 aromatic carbocycles. The second kappa shape index (κ2) is 18.5. The number of esters is 2. The van der Waals surface area contributed by atoms with E-state index >= 15 is 0 Å². The summed E-state index contributed by atoms with van der Waals surface area (Å²) < 4.78 is 42.7. The Bertz CT molecular complexity index is 1020. The fourth-order valence-corrected chi connectivity index (χ4v) is 2.77. The Balaban J connectivity index is 0.00000144. The zero-order chi connectivity index (χ0) is 29.2. The minimum Gasteiger partial charge on any atom is -0.493 e. The van der Waals surface area contributed by atoms with Crippen LogP contribution in [0.25, 0.3) is 0 Å². The molecule has 0 bridgehead atoms. The Morgan fingerprint density at radius 1 is 1.10 bits per heavy atom. The zero-order valence-electron chi connectivity index (χ0n) is 23.2. The van der Waals surface area contributed by atoms with Crippen molar-refractivity contribution in [3.05, 3.63) is 53.6 Å². The van der Waals surface area contributed by atoms with Crippen LogP contribution in [0.2, 0.25) is 0 Å². The number of ether oxygens (including phenoxy) is 6. The molecule has 2 aromatic rings. The predicted molar refractivity (Wildman–Crippen MR) is 141 cm³/mol. The van der Waals surface area contributed by atoms with E-state index in [0.717, 1.165) is 5.56 Å². The topological polar surface area (TPSA) is 132 Å². The Kier molecular flexibility index (Phi) is 15.8. The maximum atomic E-state index is 12.7. The molecular formula is C27H39FN2O9. The summed E-state index contributed by atoms with van der Waals surface area (Å²) >= 11 is 0. The number of carbonyl (C=O) groups excluding carboxylic acids is 3. The third kappa shape index (κ3) is 13.0. The van der Waals surface area contributed by atoms with Crippen LogP contribution in [-0.2, 0) is 28.5 Å². The van der Waals surface area contributed by atoms with Gasteiger partial charge in [-0.05, 0) is 39.8 Å². The van der Waals surface area contributed by atoms with Gasteiger partial charge >= 0.3 is 11.9 Å². The van der Waals surface area contributed by atoms with Crippen molar-refractivity contribution in [1.82, 2.24) is 10.3 Å². The molecule has 1 N–H and O–H groups in total. The number of aromatic nitrogens is 1. The molecule has 1 heterocycles. The standard InChI is InChI=1S/C20H30N2O9.C7H7F.H2/c1-6-28-11-16(23)29-12-30-18-15(27-5)7-9-21-17(18)19(24)22-14(3)20(25)31-13(2)8-10-26-4;1-6-2-4-7(8)5-3-6;/h7,9,13-14H,6,8,10-12H2,1-5H3,(H,22,24);2-5H,1H3;1H/t13-,14-;;/m0../s1. The van der Waals surface area contributed by atoms with Crippen LogP contribution in [0.15, 0.2) is 36.5 Å². The van der Waals surface area contributed by atoms with Gasteiger partial charge in [0.25, 0.3) is 5.91 Å². The number of aryl methyl sites for hydroxylation is 1. The average molecular weight is 555 g/mol. The number of nitrogens with zero attached hydrogens (tertiary/aromatic N) is 1. The molecule has 218 valence electrons. The lowest BCUT2D eigenvalue weighted by Crippen LogP contribution is -2.41. The van der Waals surface area contributed by atoms with E-state index < -0.39 is 30.7 Å². The summed E-state index contributed by atoms with van der Waals surface area (Å²) in [6.07, 6.45) is 1.50. The van der Waals surface area contributed by atoms with Crippen LogP contribution < -0.4 is 14.8 Å². The number of pyridine rings is 1. The van der Waals surface area contributed by atoms with Crippen molar-refractivity contribution in [2.75, 3.05) is 40.8 Å². The van der Waals surface area contributed by atoms with Gasteiger partial charge in [0.1, 0.15) is 24.6 Å². The van der Waals surface area contributed by atoms with Crippen LogP contribution in [0, 0.1) is 12.7 Å². The monoisotopic (exact) mass is 554 g/mol. The largest absolute Gasteiger partial charge is 0.493 e. The summed E-state index contributed by atoms with van der Waals surface area (Å²) in [4.78, 5) is 40.4. The van der Waals surface area contributed by atoms with Crippen molar-refractivity contribution in [3.63, 3.8) is 0 Å². The molecular weight excluding hydrogens is 515 g/mol. The molecule has 1 amide bonds. The summed E-state index contributed by atoms with van der Waals surface area (Å²) in [6, 6.07) is 6.93. The van der Waals surface area contributed by atoms with Gasteiger partial charge in [-0.15, -0.1) is 0 Å². The van der Waals surface area contributed by atoms with Crippen molar-refractivity contribution in [3.8, 4) is 11.5 Å². The van der Waals surface area contributed by atoms with E-state index in [-0.39, 0.29) is 37.1 Å². The highest BCUT2D eigenvalue weighted by Gasteiger charge is 2.25. The van der Waals surface area contributed by atoms with Crippen molar-refractivity contribution in [2.45, 2.75) is 46.3 Å². The molecule has 0 saturated heterocycles. The predicted octanol–water partition coefficient (Wildman–Crippen LogP) is 3.47. The first-order chi connectivity index (χ1) is 18.6. The number of benzene rings is 1. The molecule has 0 spiro atoms. The number of amides is 1. The lowest BCUT2D eigenvalue weighted by atomic mass is 10.2. The average Bonchev–Trinajstić information content (AvgIpc) is 2.92. The molecule has 11 nitrogen and oxygen atoms in total. The van der Waals surface area contributed by atoms with Crippen molar-refractivity contribution in [2.24, 2.45) is 0 Å². The molecule has 0 fully saturated rings. The summed E-state index contributed by atoms with van der Waals surface area (Å²) in [7, 11) is 2.93. The van der Waals surface area contributed by atoms with Gasteiger partial charge in [-0.3, -0.25) is 4.79 Å². The fraction of sp³-hybridized carbons (Fsp3) is 0.481. The molecule has 2 atom stereocenters. The van der Waals surface area contributed by atoms with E-state index in [1.807, 2.05) is 6.92 Å². The molecule has 12 heteroatoms. The van der Waals surface area contributed by atoms with Crippen molar-refractivity contribution < 1.29 is 48.6 Å². The first kappa shape index (κ1) is 33.3. The Morgan fingerprint density at radius 3 is 2.38 bits per heavy atom. The molecule has 0 aliphatic heterocycles. The van der Waals surface area contributed by atoms with Gasteiger partial charge in [-0.25, -0.2) is 19.0 Å². The number of carbonyl (C=O) groups is 3. The van der Waals surface area contributed by atoms with Gasteiger partial charge in [0.05, 0.1) is 7.11 Å². The van der Waals surface area contributed by atoms with Crippen LogP contribution in [0.3, 0.4) is 0 Å². The van der Waals surface area contributed by atoms with Crippen LogP contribution in [0.1, 0.15) is 44.7 Å². The van der Waals surface area contributed by atoms with Crippen molar-refractivity contribution in [1.29, 1.82) is 0 Å². The van der Waals surface area contributed by atoms with Crippen LogP contribution in [0.5, 0.6) is 11.5 Å². The third-order valence-electron chi connectivity index (χ3n) is 4.91. The van der Waals surface area contributed by atoms with Crippen LogP contribution in [0.4, 0.5) is 4.39 Å². The maximum absolute atomic E-state index is 12.7. The zero-order valence-corrected chi connectivity index (χ0v) is 23.2. The second-order valence-corrected chi connectivity index (χ2v) is 8.13. The Hall–Kier alpha value is -3.77.